The van der Waals surface area contributed by atoms with Gasteiger partial charge < -0.3 is 11.1 Å². The van der Waals surface area contributed by atoms with E-state index in [9.17, 15) is 9.18 Å². The summed E-state index contributed by atoms with van der Waals surface area (Å²) in [6.07, 6.45) is 0. The van der Waals surface area contributed by atoms with Crippen molar-refractivity contribution in [2.45, 2.75) is 19.9 Å². The number of rotatable bonds is 2. The van der Waals surface area contributed by atoms with Gasteiger partial charge in [-0.1, -0.05) is 0 Å². The quantitative estimate of drug-likeness (QED) is 0.869. The molecule has 0 radical (unpaired) electrons. The van der Waals surface area contributed by atoms with E-state index < -0.39 is 11.9 Å². The van der Waals surface area contributed by atoms with Gasteiger partial charge in [-0.3, -0.25) is 4.79 Å². The van der Waals surface area contributed by atoms with Crippen molar-refractivity contribution in [3.05, 3.63) is 28.0 Å². The van der Waals surface area contributed by atoms with Gasteiger partial charge in [-0.15, -0.1) is 0 Å². The molecule has 0 saturated carbocycles. The Hall–Kier alpha value is -0.940. The average Bonchev–Trinajstić information content (AvgIpc) is 2.13. The molecule has 0 heterocycles. The number of amides is 1. The maximum absolute atomic E-state index is 13.2. The smallest absolute Gasteiger partial charge is 0.241 e. The molecule has 15 heavy (non-hydrogen) atoms. The maximum Gasteiger partial charge on any atom is 0.241 e. The lowest BCUT2D eigenvalue weighted by molar-refractivity contribution is -0.117. The van der Waals surface area contributed by atoms with Crippen LogP contribution in [0.5, 0.6) is 0 Å². The summed E-state index contributed by atoms with van der Waals surface area (Å²) >= 11 is 3.06. The molecule has 82 valence electrons. The first-order valence-electron chi connectivity index (χ1n) is 4.44. The lowest BCUT2D eigenvalue weighted by Gasteiger charge is -2.11. The van der Waals surface area contributed by atoms with Crippen LogP contribution >= 0.6 is 15.9 Å². The molecule has 5 heteroatoms. The highest BCUT2D eigenvalue weighted by Crippen LogP contribution is 2.23. The Morgan fingerprint density at radius 2 is 2.20 bits per heavy atom. The van der Waals surface area contributed by atoms with Crippen molar-refractivity contribution in [3.63, 3.8) is 0 Å². The Morgan fingerprint density at radius 1 is 1.60 bits per heavy atom. The summed E-state index contributed by atoms with van der Waals surface area (Å²) < 4.78 is 13.6. The molecule has 0 aliphatic rings. The van der Waals surface area contributed by atoms with Crippen molar-refractivity contribution in [1.82, 2.24) is 0 Å². The fourth-order valence-electron chi connectivity index (χ4n) is 1.03. The van der Waals surface area contributed by atoms with Gasteiger partial charge in [-0.2, -0.15) is 0 Å². The predicted octanol–water partition coefficient (Wildman–Crippen LogP) is 2.18. The number of hydrogen-bond donors (Lipinski definition) is 2. The van der Waals surface area contributed by atoms with E-state index in [2.05, 4.69) is 21.2 Å². The Bertz CT molecular complexity index is 393. The first-order chi connectivity index (χ1) is 6.91. The van der Waals surface area contributed by atoms with E-state index in [-0.39, 0.29) is 5.91 Å². The number of carbonyl (C=O) groups is 1. The SMILES string of the molecule is Cc1cc(Br)c(F)cc1NC(=O)[C@H](C)N. The topological polar surface area (TPSA) is 55.1 Å². The predicted molar refractivity (Wildman–Crippen MR) is 61.1 cm³/mol. The molecule has 0 fully saturated rings. The van der Waals surface area contributed by atoms with E-state index >= 15 is 0 Å². The van der Waals surface area contributed by atoms with Crippen molar-refractivity contribution in [2.24, 2.45) is 5.73 Å². The lowest BCUT2D eigenvalue weighted by atomic mass is 10.2. The number of anilines is 1. The molecule has 1 rings (SSSR count). The van der Waals surface area contributed by atoms with Crippen LogP contribution in [0.25, 0.3) is 0 Å². The number of carbonyl (C=O) groups excluding carboxylic acids is 1. The summed E-state index contributed by atoms with van der Waals surface area (Å²) in [5.41, 5.74) is 6.60. The van der Waals surface area contributed by atoms with Crippen LogP contribution in [-0.2, 0) is 4.79 Å². The third-order valence-corrected chi connectivity index (χ3v) is 2.55. The van der Waals surface area contributed by atoms with E-state index in [1.807, 2.05) is 0 Å². The standard InChI is InChI=1S/C10H12BrFN2O/c1-5-3-7(11)8(12)4-9(5)14-10(15)6(2)13/h3-4,6H,13H2,1-2H3,(H,14,15)/t6-/m0/s1. The monoisotopic (exact) mass is 274 g/mol. The number of nitrogens with one attached hydrogen (secondary N) is 1. The minimum Gasteiger partial charge on any atom is -0.324 e. The number of halogens is 2. The minimum absolute atomic E-state index is 0.333. The molecule has 1 atom stereocenters. The van der Waals surface area contributed by atoms with Gasteiger partial charge in [0.1, 0.15) is 5.82 Å². The van der Waals surface area contributed by atoms with Crippen molar-refractivity contribution < 1.29 is 9.18 Å². The lowest BCUT2D eigenvalue weighted by Crippen LogP contribution is -2.32. The van der Waals surface area contributed by atoms with Gasteiger partial charge in [0, 0.05) is 5.69 Å². The van der Waals surface area contributed by atoms with E-state index in [1.165, 1.54) is 6.07 Å². The van der Waals surface area contributed by atoms with Crippen molar-refractivity contribution in [2.75, 3.05) is 5.32 Å². The summed E-state index contributed by atoms with van der Waals surface area (Å²) in [4.78, 5) is 11.3. The van der Waals surface area contributed by atoms with Gasteiger partial charge >= 0.3 is 0 Å². The van der Waals surface area contributed by atoms with Gasteiger partial charge in [0.05, 0.1) is 10.5 Å². The first kappa shape index (κ1) is 12.1. The molecule has 3 N–H and O–H groups in total. The zero-order valence-electron chi connectivity index (χ0n) is 8.47. The normalized spacial score (nSPS) is 12.3. The highest BCUT2D eigenvalue weighted by atomic mass is 79.9. The molecule has 0 aromatic heterocycles. The van der Waals surface area contributed by atoms with E-state index in [1.54, 1.807) is 19.9 Å². The van der Waals surface area contributed by atoms with Crippen molar-refractivity contribution in [3.8, 4) is 0 Å². The second-order valence-corrected chi connectivity index (χ2v) is 4.21. The van der Waals surface area contributed by atoms with Gasteiger partial charge in [0.2, 0.25) is 5.91 Å². The fourth-order valence-corrected chi connectivity index (χ4v) is 1.49. The van der Waals surface area contributed by atoms with E-state index in [4.69, 9.17) is 5.73 Å². The van der Waals surface area contributed by atoms with Crippen molar-refractivity contribution >= 4 is 27.5 Å². The Kier molecular flexibility index (Phi) is 3.82. The first-order valence-corrected chi connectivity index (χ1v) is 5.23. The molecule has 1 aromatic carbocycles. The van der Waals surface area contributed by atoms with Crippen LogP contribution in [0.4, 0.5) is 10.1 Å². The van der Waals surface area contributed by atoms with Crippen LogP contribution in [0.3, 0.4) is 0 Å². The second kappa shape index (κ2) is 4.72. The molecule has 0 saturated heterocycles. The van der Waals surface area contributed by atoms with Gasteiger partial charge in [-0.25, -0.2) is 4.39 Å². The second-order valence-electron chi connectivity index (χ2n) is 3.36. The number of aryl methyl sites for hydroxylation is 1. The van der Waals surface area contributed by atoms with Crippen LogP contribution in [-0.4, -0.2) is 11.9 Å². The molecule has 0 unspecified atom stereocenters. The van der Waals surface area contributed by atoms with Gasteiger partial charge in [0.15, 0.2) is 0 Å². The van der Waals surface area contributed by atoms with Crippen LogP contribution in [0, 0.1) is 12.7 Å². The maximum atomic E-state index is 13.2. The molecule has 0 bridgehead atoms. The molecular weight excluding hydrogens is 263 g/mol. The molecule has 0 spiro atoms. The zero-order chi connectivity index (χ0) is 11.6. The number of hydrogen-bond acceptors (Lipinski definition) is 2. The Labute approximate surface area is 96.0 Å². The summed E-state index contributed by atoms with van der Waals surface area (Å²) in [6, 6.07) is 2.25. The highest BCUT2D eigenvalue weighted by molar-refractivity contribution is 9.10. The summed E-state index contributed by atoms with van der Waals surface area (Å²) in [6.45, 7) is 3.35. The molecule has 1 aromatic rings. The molecule has 0 aliphatic carbocycles. The third-order valence-electron chi connectivity index (χ3n) is 1.94. The summed E-state index contributed by atoms with van der Waals surface area (Å²) in [7, 11) is 0. The molecule has 3 nitrogen and oxygen atoms in total. The van der Waals surface area contributed by atoms with Crippen LogP contribution in [0.1, 0.15) is 12.5 Å². The van der Waals surface area contributed by atoms with Gasteiger partial charge in [-0.05, 0) is 47.5 Å². The van der Waals surface area contributed by atoms with E-state index in [0.717, 1.165) is 5.56 Å². The number of nitrogens with two attached hydrogens (primary N) is 1. The largest absolute Gasteiger partial charge is 0.324 e. The third kappa shape index (κ3) is 3.00. The van der Waals surface area contributed by atoms with Crippen LogP contribution in [0.15, 0.2) is 16.6 Å². The molecular formula is C10H12BrFN2O. The van der Waals surface area contributed by atoms with Crippen LogP contribution < -0.4 is 11.1 Å². The van der Waals surface area contributed by atoms with Crippen LogP contribution in [0.2, 0.25) is 0 Å². The molecule has 0 aliphatic heterocycles. The number of benzene rings is 1. The Balaban J connectivity index is 2.96. The summed E-state index contributed by atoms with van der Waals surface area (Å²) in [5.74, 6) is -0.750. The fraction of sp³-hybridized carbons (Fsp3) is 0.300. The van der Waals surface area contributed by atoms with Crippen molar-refractivity contribution in [1.29, 1.82) is 0 Å². The average molecular weight is 275 g/mol. The molecule has 1 amide bonds. The van der Waals surface area contributed by atoms with E-state index in [0.29, 0.717) is 10.2 Å². The highest BCUT2D eigenvalue weighted by Gasteiger charge is 2.11. The van der Waals surface area contributed by atoms with Gasteiger partial charge in [0.25, 0.3) is 0 Å². The Morgan fingerprint density at radius 3 is 2.73 bits per heavy atom. The summed E-state index contributed by atoms with van der Waals surface area (Å²) in [5, 5.41) is 2.55. The zero-order valence-corrected chi connectivity index (χ0v) is 10.1. The minimum atomic E-state index is -0.615.